The van der Waals surface area contributed by atoms with Gasteiger partial charge in [0.05, 0.1) is 9.85 Å². The van der Waals surface area contributed by atoms with Gasteiger partial charge in [-0.25, -0.2) is 0 Å². The quantitative estimate of drug-likeness (QED) is 0.564. The van der Waals surface area contributed by atoms with E-state index in [4.69, 9.17) is 11.6 Å². The predicted octanol–water partition coefficient (Wildman–Crippen LogP) is 5.96. The molecule has 2 rings (SSSR count). The molecule has 0 aliphatic heterocycles. The smallest absolute Gasteiger partial charge is 0.0755 e. The molecule has 16 heavy (non-hydrogen) atoms. The minimum Gasteiger partial charge on any atom is -0.146 e. The average Bonchev–Trinajstić information content (AvgIpc) is 2.63. The molecular weight excluding hydrogens is 371 g/mol. The second-order valence-corrected chi connectivity index (χ2v) is 6.68. The topological polar surface area (TPSA) is 0 Å². The van der Waals surface area contributed by atoms with E-state index in [-0.39, 0.29) is 4.83 Å². The van der Waals surface area contributed by atoms with E-state index in [9.17, 15) is 0 Å². The normalized spacial score (nSPS) is 12.8. The molecule has 4 heteroatoms. The molecule has 0 spiro atoms. The third-order valence-electron chi connectivity index (χ3n) is 2.38. The van der Waals surface area contributed by atoms with Crippen molar-refractivity contribution >= 4 is 54.8 Å². The minimum atomic E-state index is 0.174. The van der Waals surface area contributed by atoms with Crippen LogP contribution < -0.4 is 0 Å². The molecule has 0 saturated carbocycles. The molecule has 0 amide bonds. The number of hydrogen-bond donors (Lipinski definition) is 0. The molecule has 1 atom stereocenters. The van der Waals surface area contributed by atoms with E-state index < -0.39 is 0 Å². The van der Waals surface area contributed by atoms with E-state index >= 15 is 0 Å². The summed E-state index contributed by atoms with van der Waals surface area (Å²) < 4.78 is 1.10. The molecule has 2 aromatic rings. The van der Waals surface area contributed by atoms with Crippen LogP contribution >= 0.6 is 54.8 Å². The van der Waals surface area contributed by atoms with Gasteiger partial charge in [-0.05, 0) is 41.6 Å². The molecule has 0 saturated heterocycles. The van der Waals surface area contributed by atoms with Gasteiger partial charge in [-0.2, -0.15) is 0 Å². The summed E-state index contributed by atoms with van der Waals surface area (Å²) in [6.45, 7) is 2.11. The largest absolute Gasteiger partial charge is 0.146 e. The van der Waals surface area contributed by atoms with Crippen molar-refractivity contribution in [2.24, 2.45) is 0 Å². The van der Waals surface area contributed by atoms with Crippen LogP contribution in [0.4, 0.5) is 0 Å². The molecule has 0 fully saturated rings. The molecule has 1 unspecified atom stereocenters. The monoisotopic (exact) mass is 378 g/mol. The standard InChI is InChI=1S/C12H9Br2ClS/c1-7-6-8(13)2-3-9(7)11(14)12-10(15)4-5-16-12/h2-6,11H,1H3. The predicted molar refractivity (Wildman–Crippen MR) is 79.0 cm³/mol. The van der Waals surface area contributed by atoms with Gasteiger partial charge in [-0.3, -0.25) is 0 Å². The van der Waals surface area contributed by atoms with E-state index in [1.807, 2.05) is 11.4 Å². The van der Waals surface area contributed by atoms with Crippen LogP contribution in [0, 0.1) is 6.92 Å². The third kappa shape index (κ3) is 2.53. The first-order valence-electron chi connectivity index (χ1n) is 4.72. The van der Waals surface area contributed by atoms with Crippen molar-refractivity contribution in [1.29, 1.82) is 0 Å². The fraction of sp³-hybridized carbons (Fsp3) is 0.167. The summed E-state index contributed by atoms with van der Waals surface area (Å²) in [5.41, 5.74) is 2.51. The van der Waals surface area contributed by atoms with Crippen LogP contribution in [0.2, 0.25) is 5.02 Å². The molecule has 0 aliphatic rings. The highest BCUT2D eigenvalue weighted by atomic mass is 79.9. The molecule has 0 N–H and O–H groups in total. The van der Waals surface area contributed by atoms with Crippen molar-refractivity contribution in [3.05, 3.63) is 55.1 Å². The Hall–Kier alpha value is 0.170. The summed E-state index contributed by atoms with van der Waals surface area (Å²) >= 11 is 15.0. The van der Waals surface area contributed by atoms with Gasteiger partial charge in [0.25, 0.3) is 0 Å². The van der Waals surface area contributed by atoms with Crippen LogP contribution in [-0.2, 0) is 0 Å². The Morgan fingerprint density at radius 2 is 2.06 bits per heavy atom. The summed E-state index contributed by atoms with van der Waals surface area (Å²) in [7, 11) is 0. The van der Waals surface area contributed by atoms with Crippen molar-refractivity contribution in [1.82, 2.24) is 0 Å². The van der Waals surface area contributed by atoms with Crippen LogP contribution in [-0.4, -0.2) is 0 Å². The number of hydrogen-bond acceptors (Lipinski definition) is 1. The highest BCUT2D eigenvalue weighted by Gasteiger charge is 2.16. The van der Waals surface area contributed by atoms with Gasteiger partial charge in [-0.15, -0.1) is 11.3 Å². The van der Waals surface area contributed by atoms with Gasteiger partial charge in [0.15, 0.2) is 0 Å². The van der Waals surface area contributed by atoms with Crippen molar-refractivity contribution < 1.29 is 0 Å². The average molecular weight is 381 g/mol. The highest BCUT2D eigenvalue weighted by molar-refractivity contribution is 9.10. The summed E-state index contributed by atoms with van der Waals surface area (Å²) in [6.07, 6.45) is 0. The van der Waals surface area contributed by atoms with E-state index in [2.05, 4.69) is 57.0 Å². The Morgan fingerprint density at radius 3 is 2.62 bits per heavy atom. The summed E-state index contributed by atoms with van der Waals surface area (Å²) in [4.78, 5) is 1.33. The summed E-state index contributed by atoms with van der Waals surface area (Å²) in [6, 6.07) is 8.22. The molecule has 1 aromatic carbocycles. The Morgan fingerprint density at radius 1 is 1.31 bits per heavy atom. The Labute approximate surface area is 121 Å². The Balaban J connectivity index is 2.41. The number of thiophene rings is 1. The van der Waals surface area contributed by atoms with Crippen molar-refractivity contribution in [3.8, 4) is 0 Å². The number of aryl methyl sites for hydroxylation is 1. The van der Waals surface area contributed by atoms with Gasteiger partial charge in [0.1, 0.15) is 0 Å². The zero-order valence-corrected chi connectivity index (χ0v) is 13.3. The second kappa shape index (κ2) is 5.21. The Bertz CT molecular complexity index is 507. The lowest BCUT2D eigenvalue weighted by Gasteiger charge is -2.12. The SMILES string of the molecule is Cc1cc(Br)ccc1C(Br)c1sccc1Cl. The molecule has 0 bridgehead atoms. The minimum absolute atomic E-state index is 0.174. The molecule has 0 nitrogen and oxygen atoms in total. The summed E-state index contributed by atoms with van der Waals surface area (Å²) in [5, 5.41) is 2.84. The van der Waals surface area contributed by atoms with Gasteiger partial charge in [0, 0.05) is 9.35 Å². The van der Waals surface area contributed by atoms with E-state index in [1.54, 1.807) is 11.3 Å². The molecule has 0 radical (unpaired) electrons. The van der Waals surface area contributed by atoms with Crippen LogP contribution in [0.1, 0.15) is 20.8 Å². The molecular formula is C12H9Br2ClS. The maximum absolute atomic E-state index is 6.14. The van der Waals surface area contributed by atoms with Gasteiger partial charge in [0.2, 0.25) is 0 Å². The van der Waals surface area contributed by atoms with Crippen LogP contribution in [0.5, 0.6) is 0 Å². The van der Waals surface area contributed by atoms with Gasteiger partial charge in [-0.1, -0.05) is 49.5 Å². The van der Waals surface area contributed by atoms with Crippen molar-refractivity contribution in [3.63, 3.8) is 0 Å². The number of halogens is 3. The fourth-order valence-electron chi connectivity index (χ4n) is 1.55. The number of alkyl halides is 1. The lowest BCUT2D eigenvalue weighted by Crippen LogP contribution is -1.93. The van der Waals surface area contributed by atoms with E-state index in [1.165, 1.54) is 11.1 Å². The number of benzene rings is 1. The first kappa shape index (κ1) is 12.6. The van der Waals surface area contributed by atoms with Crippen molar-refractivity contribution in [2.75, 3.05) is 0 Å². The van der Waals surface area contributed by atoms with Crippen molar-refractivity contribution in [2.45, 2.75) is 11.8 Å². The fourth-order valence-corrected chi connectivity index (χ4v) is 4.40. The van der Waals surface area contributed by atoms with Crippen LogP contribution in [0.15, 0.2) is 34.1 Å². The lowest BCUT2D eigenvalue weighted by molar-refractivity contribution is 1.17. The van der Waals surface area contributed by atoms with Crippen LogP contribution in [0.25, 0.3) is 0 Å². The zero-order valence-electron chi connectivity index (χ0n) is 8.51. The van der Waals surface area contributed by atoms with E-state index in [0.29, 0.717) is 0 Å². The molecule has 0 aliphatic carbocycles. The first-order valence-corrected chi connectivity index (χ1v) is 7.69. The maximum Gasteiger partial charge on any atom is 0.0755 e. The lowest BCUT2D eigenvalue weighted by atomic mass is 10.1. The maximum atomic E-state index is 6.14. The molecule has 1 heterocycles. The van der Waals surface area contributed by atoms with E-state index in [0.717, 1.165) is 14.4 Å². The van der Waals surface area contributed by atoms with Gasteiger partial charge >= 0.3 is 0 Å². The highest BCUT2D eigenvalue weighted by Crippen LogP contribution is 2.40. The number of rotatable bonds is 2. The summed E-state index contributed by atoms with van der Waals surface area (Å²) in [5.74, 6) is 0. The second-order valence-electron chi connectivity index (χ2n) is 3.50. The molecule has 1 aromatic heterocycles. The Kier molecular flexibility index (Phi) is 4.11. The first-order chi connectivity index (χ1) is 7.59. The van der Waals surface area contributed by atoms with Gasteiger partial charge < -0.3 is 0 Å². The van der Waals surface area contributed by atoms with Crippen LogP contribution in [0.3, 0.4) is 0 Å². The molecule has 84 valence electrons. The zero-order chi connectivity index (χ0) is 11.7. The third-order valence-corrected chi connectivity index (χ3v) is 5.55.